The fraction of sp³-hybridized carbons (Fsp3) is 0.833. The van der Waals surface area contributed by atoms with Crippen molar-refractivity contribution in [3.05, 3.63) is 0 Å². The summed E-state index contributed by atoms with van der Waals surface area (Å²) in [4.78, 5) is 25.4. The Hall–Kier alpha value is -1.14. The molecule has 0 aliphatic carbocycles. The first-order valence-corrected chi connectivity index (χ1v) is 6.61. The predicted octanol–water partition coefficient (Wildman–Crippen LogP) is -1.04. The van der Waals surface area contributed by atoms with E-state index < -0.39 is 0 Å². The zero-order valence-corrected chi connectivity index (χ0v) is 10.6. The number of nitrogens with zero attached hydrogens (tertiary/aromatic N) is 1. The van der Waals surface area contributed by atoms with Crippen molar-refractivity contribution in [2.75, 3.05) is 45.9 Å². The maximum atomic E-state index is 11.9. The van der Waals surface area contributed by atoms with Crippen LogP contribution in [-0.2, 0) is 14.3 Å². The van der Waals surface area contributed by atoms with E-state index in [0.29, 0.717) is 26.3 Å². The molecule has 2 aliphatic rings. The molecule has 2 N–H and O–H groups in total. The lowest BCUT2D eigenvalue weighted by molar-refractivity contribution is -0.137. The molecule has 0 saturated carbocycles. The molecule has 2 saturated heterocycles. The summed E-state index contributed by atoms with van der Waals surface area (Å²) in [5.74, 6) is 0.0578. The highest BCUT2D eigenvalue weighted by Crippen LogP contribution is 2.11. The van der Waals surface area contributed by atoms with Gasteiger partial charge in [0.1, 0.15) is 0 Å². The van der Waals surface area contributed by atoms with Crippen molar-refractivity contribution >= 4 is 11.8 Å². The van der Waals surface area contributed by atoms with E-state index in [1.807, 2.05) is 0 Å². The Kier molecular flexibility index (Phi) is 4.95. The lowest BCUT2D eigenvalue weighted by Gasteiger charge is -2.27. The quantitative estimate of drug-likeness (QED) is 0.676. The number of amides is 2. The molecule has 2 aliphatic heterocycles. The third kappa shape index (κ3) is 3.68. The van der Waals surface area contributed by atoms with Gasteiger partial charge in [-0.05, 0) is 25.9 Å². The van der Waals surface area contributed by atoms with Gasteiger partial charge in [0.25, 0.3) is 0 Å². The predicted molar refractivity (Wildman–Crippen MR) is 66.0 cm³/mol. The van der Waals surface area contributed by atoms with Gasteiger partial charge in [-0.2, -0.15) is 0 Å². The highest BCUT2D eigenvalue weighted by molar-refractivity contribution is 5.85. The molecule has 0 atom stereocenters. The summed E-state index contributed by atoms with van der Waals surface area (Å²) in [6.45, 7) is 4.32. The normalized spacial score (nSPS) is 21.7. The average molecular weight is 255 g/mol. The SMILES string of the molecule is O=C(NCC(=O)N1CCOCC1)C1CCNCC1. The number of carbonyl (C=O) groups excluding carboxylic acids is 2. The van der Waals surface area contributed by atoms with Crippen LogP contribution in [0.2, 0.25) is 0 Å². The van der Waals surface area contributed by atoms with Gasteiger partial charge in [-0.3, -0.25) is 9.59 Å². The Labute approximate surface area is 107 Å². The zero-order chi connectivity index (χ0) is 12.8. The van der Waals surface area contributed by atoms with Crippen LogP contribution in [0, 0.1) is 5.92 Å². The van der Waals surface area contributed by atoms with E-state index >= 15 is 0 Å². The second-order valence-electron chi connectivity index (χ2n) is 4.74. The van der Waals surface area contributed by atoms with E-state index in [2.05, 4.69) is 10.6 Å². The molecule has 0 aromatic carbocycles. The van der Waals surface area contributed by atoms with Gasteiger partial charge in [-0.15, -0.1) is 0 Å². The van der Waals surface area contributed by atoms with Gasteiger partial charge >= 0.3 is 0 Å². The molecule has 2 rings (SSSR count). The summed E-state index contributed by atoms with van der Waals surface area (Å²) in [7, 11) is 0. The van der Waals surface area contributed by atoms with Gasteiger partial charge < -0.3 is 20.3 Å². The van der Waals surface area contributed by atoms with Gasteiger partial charge in [0.15, 0.2) is 0 Å². The summed E-state index contributed by atoms with van der Waals surface area (Å²) in [6, 6.07) is 0. The smallest absolute Gasteiger partial charge is 0.242 e. The Morgan fingerprint density at radius 2 is 1.89 bits per heavy atom. The van der Waals surface area contributed by atoms with E-state index in [-0.39, 0.29) is 24.3 Å². The van der Waals surface area contributed by atoms with Crippen molar-refractivity contribution in [1.82, 2.24) is 15.5 Å². The maximum Gasteiger partial charge on any atom is 0.242 e. The summed E-state index contributed by atoms with van der Waals surface area (Å²) in [6.07, 6.45) is 1.72. The van der Waals surface area contributed by atoms with E-state index in [4.69, 9.17) is 4.74 Å². The Morgan fingerprint density at radius 3 is 2.56 bits per heavy atom. The van der Waals surface area contributed by atoms with E-state index in [9.17, 15) is 9.59 Å². The van der Waals surface area contributed by atoms with Gasteiger partial charge in [0, 0.05) is 19.0 Å². The maximum absolute atomic E-state index is 11.9. The van der Waals surface area contributed by atoms with Crippen molar-refractivity contribution in [2.24, 2.45) is 5.92 Å². The molecule has 0 radical (unpaired) electrons. The van der Waals surface area contributed by atoms with Crippen LogP contribution in [0.1, 0.15) is 12.8 Å². The molecule has 2 heterocycles. The van der Waals surface area contributed by atoms with Gasteiger partial charge in [0.05, 0.1) is 19.8 Å². The van der Waals surface area contributed by atoms with Crippen molar-refractivity contribution in [3.8, 4) is 0 Å². The monoisotopic (exact) mass is 255 g/mol. The molecule has 2 amide bonds. The van der Waals surface area contributed by atoms with Gasteiger partial charge in [-0.25, -0.2) is 0 Å². The van der Waals surface area contributed by atoms with E-state index in [1.165, 1.54) is 0 Å². The molecule has 0 aromatic rings. The number of morpholine rings is 1. The number of hydrogen-bond donors (Lipinski definition) is 2. The first-order valence-electron chi connectivity index (χ1n) is 6.61. The molecule has 102 valence electrons. The Balaban J connectivity index is 1.69. The minimum absolute atomic E-state index is 0.0121. The molecule has 0 unspecified atom stereocenters. The van der Waals surface area contributed by atoms with E-state index in [1.54, 1.807) is 4.90 Å². The average Bonchev–Trinajstić information content (AvgIpc) is 2.46. The molecular weight excluding hydrogens is 234 g/mol. The van der Waals surface area contributed by atoms with Crippen LogP contribution in [0.25, 0.3) is 0 Å². The lowest BCUT2D eigenvalue weighted by atomic mass is 9.97. The zero-order valence-electron chi connectivity index (χ0n) is 10.6. The summed E-state index contributed by atoms with van der Waals surface area (Å²) < 4.78 is 5.18. The van der Waals surface area contributed by atoms with Crippen LogP contribution in [0.4, 0.5) is 0 Å². The molecule has 0 bridgehead atoms. The highest BCUT2D eigenvalue weighted by Gasteiger charge is 2.22. The minimum atomic E-state index is -0.0133. The number of rotatable bonds is 3. The van der Waals surface area contributed by atoms with Gasteiger partial charge in [0.2, 0.25) is 11.8 Å². The minimum Gasteiger partial charge on any atom is -0.378 e. The van der Waals surface area contributed by atoms with Crippen LogP contribution in [0.5, 0.6) is 0 Å². The summed E-state index contributed by atoms with van der Waals surface area (Å²) >= 11 is 0. The molecular formula is C12H21N3O3. The highest BCUT2D eigenvalue weighted by atomic mass is 16.5. The molecule has 18 heavy (non-hydrogen) atoms. The second kappa shape index (κ2) is 6.70. The first-order chi connectivity index (χ1) is 8.77. The van der Waals surface area contributed by atoms with Crippen LogP contribution in [0.3, 0.4) is 0 Å². The molecule has 0 spiro atoms. The lowest BCUT2D eigenvalue weighted by Crippen LogP contribution is -2.47. The van der Waals surface area contributed by atoms with Crippen LogP contribution >= 0.6 is 0 Å². The summed E-state index contributed by atoms with van der Waals surface area (Å²) in [5.41, 5.74) is 0. The number of hydrogen-bond acceptors (Lipinski definition) is 4. The third-order valence-corrected chi connectivity index (χ3v) is 3.49. The van der Waals surface area contributed by atoms with Crippen LogP contribution in [0.15, 0.2) is 0 Å². The standard InChI is InChI=1S/C12H21N3O3/c16-11(15-5-7-18-8-6-15)9-14-12(17)10-1-3-13-4-2-10/h10,13H,1-9H2,(H,14,17). The summed E-state index contributed by atoms with van der Waals surface area (Å²) in [5, 5.41) is 5.97. The van der Waals surface area contributed by atoms with Crippen molar-refractivity contribution in [3.63, 3.8) is 0 Å². The fourth-order valence-corrected chi connectivity index (χ4v) is 2.32. The second-order valence-corrected chi connectivity index (χ2v) is 4.74. The van der Waals surface area contributed by atoms with Crippen LogP contribution < -0.4 is 10.6 Å². The van der Waals surface area contributed by atoms with Crippen LogP contribution in [-0.4, -0.2) is 62.7 Å². The van der Waals surface area contributed by atoms with E-state index in [0.717, 1.165) is 25.9 Å². The molecule has 0 aromatic heterocycles. The topological polar surface area (TPSA) is 70.7 Å². The fourth-order valence-electron chi connectivity index (χ4n) is 2.32. The number of ether oxygens (including phenoxy) is 1. The largest absolute Gasteiger partial charge is 0.378 e. The Bertz CT molecular complexity index is 267. The molecule has 2 fully saturated rings. The number of piperidine rings is 1. The van der Waals surface area contributed by atoms with Crippen molar-refractivity contribution in [1.29, 1.82) is 0 Å². The Morgan fingerprint density at radius 1 is 1.22 bits per heavy atom. The first kappa shape index (κ1) is 13.3. The molecule has 6 heteroatoms. The van der Waals surface area contributed by atoms with Crippen molar-refractivity contribution in [2.45, 2.75) is 12.8 Å². The number of carbonyl (C=O) groups is 2. The van der Waals surface area contributed by atoms with Gasteiger partial charge in [-0.1, -0.05) is 0 Å². The third-order valence-electron chi connectivity index (χ3n) is 3.49. The number of nitrogens with one attached hydrogen (secondary N) is 2. The van der Waals surface area contributed by atoms with Crippen molar-refractivity contribution < 1.29 is 14.3 Å². The molecule has 6 nitrogen and oxygen atoms in total.